The molecule has 1 aromatic heterocycles. The molecule has 4 nitrogen and oxygen atoms in total. The second-order valence-corrected chi connectivity index (χ2v) is 3.12. The Bertz CT molecular complexity index is 276. The highest BCUT2D eigenvalue weighted by atomic mass is 35.5. The summed E-state index contributed by atoms with van der Waals surface area (Å²) in [4.78, 5) is 0. The zero-order valence-electron chi connectivity index (χ0n) is 6.67. The van der Waals surface area contributed by atoms with E-state index in [0.717, 1.165) is 0 Å². The van der Waals surface area contributed by atoms with Crippen LogP contribution in [0.3, 0.4) is 0 Å². The summed E-state index contributed by atoms with van der Waals surface area (Å²) in [5.74, 6) is 0. The third-order valence-corrected chi connectivity index (χ3v) is 1.53. The van der Waals surface area contributed by atoms with E-state index in [1.54, 1.807) is 11.1 Å². The molecule has 0 radical (unpaired) electrons. The highest BCUT2D eigenvalue weighted by Gasteiger charge is 2.03. The molecule has 0 unspecified atom stereocenters. The van der Waals surface area contributed by atoms with Gasteiger partial charge in [-0.25, -0.2) is 5.01 Å². The van der Waals surface area contributed by atoms with Gasteiger partial charge in [0.25, 0.3) is 0 Å². The van der Waals surface area contributed by atoms with E-state index >= 15 is 0 Å². The van der Waals surface area contributed by atoms with Crippen molar-refractivity contribution in [2.75, 3.05) is 19.5 Å². The summed E-state index contributed by atoms with van der Waals surface area (Å²) in [6, 6.07) is 1.61. The highest BCUT2D eigenvalue weighted by Crippen LogP contribution is 2.20. The molecule has 0 saturated heterocycles. The maximum Gasteiger partial charge on any atom is 0.176 e. The monoisotopic (exact) mass is 206 g/mol. The molecule has 0 atom stereocenters. The van der Waals surface area contributed by atoms with Gasteiger partial charge in [0.05, 0.1) is 5.69 Å². The van der Waals surface area contributed by atoms with Gasteiger partial charge in [0.15, 0.2) is 10.3 Å². The first-order chi connectivity index (χ1) is 5.59. The summed E-state index contributed by atoms with van der Waals surface area (Å²) in [7, 11) is 3.68. The molecule has 1 rings (SSSR count). The minimum absolute atomic E-state index is 0.299. The topological polar surface area (TPSA) is 41.0 Å². The molecule has 0 aliphatic carbocycles. The summed E-state index contributed by atoms with van der Waals surface area (Å²) >= 11 is 11.3. The predicted molar refractivity (Wildman–Crippen MR) is 49.4 cm³/mol. The summed E-state index contributed by atoms with van der Waals surface area (Å²) in [6.07, 6.45) is 0. The molecule has 0 aliphatic heterocycles. The average Bonchev–Trinajstić information content (AvgIpc) is 1.96. The largest absolute Gasteiger partial charge is 0.316 e. The van der Waals surface area contributed by atoms with Gasteiger partial charge in [-0.1, -0.05) is 23.2 Å². The molecule has 0 fully saturated rings. The fraction of sp³-hybridized carbons (Fsp3) is 0.333. The summed E-state index contributed by atoms with van der Waals surface area (Å²) < 4.78 is 0. The smallest absolute Gasteiger partial charge is 0.176 e. The number of aromatic nitrogens is 2. The van der Waals surface area contributed by atoms with E-state index in [1.807, 2.05) is 14.1 Å². The fourth-order valence-electron chi connectivity index (χ4n) is 0.672. The average molecular weight is 207 g/mol. The lowest BCUT2D eigenvalue weighted by Gasteiger charge is -2.13. The molecule has 0 spiro atoms. The predicted octanol–water partition coefficient (Wildman–Crippen LogP) is 1.67. The Balaban J connectivity index is 2.90. The van der Waals surface area contributed by atoms with Crippen LogP contribution < -0.4 is 5.43 Å². The standard InChI is InChI=1S/C6H8Cl2N4/c1-12(2)11-4-3-5(7)9-10-6(4)8/h3H,1-2H3,(H,9,11). The number of rotatable bonds is 2. The molecule has 1 N–H and O–H groups in total. The van der Waals surface area contributed by atoms with Gasteiger partial charge in [0.1, 0.15) is 0 Å². The van der Waals surface area contributed by atoms with Crippen LogP contribution in [0.5, 0.6) is 0 Å². The van der Waals surface area contributed by atoms with Gasteiger partial charge in [-0.15, -0.1) is 10.2 Å². The Labute approximate surface area is 80.5 Å². The molecule has 0 saturated carbocycles. The zero-order chi connectivity index (χ0) is 9.14. The van der Waals surface area contributed by atoms with Crippen LogP contribution in [0.15, 0.2) is 6.07 Å². The third-order valence-electron chi connectivity index (χ3n) is 1.06. The number of hydrogen-bond acceptors (Lipinski definition) is 4. The van der Waals surface area contributed by atoms with Gasteiger partial charge < -0.3 is 5.43 Å². The van der Waals surface area contributed by atoms with Crippen LogP contribution >= 0.6 is 23.2 Å². The van der Waals surface area contributed by atoms with E-state index in [4.69, 9.17) is 23.2 Å². The number of halogens is 2. The molecule has 1 aromatic rings. The molecule has 6 heteroatoms. The summed E-state index contributed by atoms with van der Waals surface area (Å²) in [5.41, 5.74) is 3.57. The van der Waals surface area contributed by atoms with E-state index in [9.17, 15) is 0 Å². The Hall–Kier alpha value is -0.580. The van der Waals surface area contributed by atoms with Crippen molar-refractivity contribution in [3.63, 3.8) is 0 Å². The van der Waals surface area contributed by atoms with Crippen molar-refractivity contribution < 1.29 is 0 Å². The molecule has 0 aromatic carbocycles. The van der Waals surface area contributed by atoms with Crippen molar-refractivity contribution in [3.05, 3.63) is 16.4 Å². The van der Waals surface area contributed by atoms with Crippen LogP contribution in [0.2, 0.25) is 10.3 Å². The lowest BCUT2D eigenvalue weighted by molar-refractivity contribution is 0.495. The molecular formula is C6H8Cl2N4. The first-order valence-corrected chi connectivity index (χ1v) is 3.98. The van der Waals surface area contributed by atoms with Gasteiger partial charge in [0.2, 0.25) is 0 Å². The van der Waals surface area contributed by atoms with E-state index in [-0.39, 0.29) is 0 Å². The molecule has 12 heavy (non-hydrogen) atoms. The van der Waals surface area contributed by atoms with Crippen molar-refractivity contribution in [1.29, 1.82) is 0 Å². The Morgan fingerprint density at radius 1 is 1.33 bits per heavy atom. The number of hydrogen-bond donors (Lipinski definition) is 1. The quantitative estimate of drug-likeness (QED) is 0.749. The molecular weight excluding hydrogens is 199 g/mol. The van der Waals surface area contributed by atoms with Gasteiger partial charge in [-0.05, 0) is 0 Å². The SMILES string of the molecule is CN(C)Nc1cc(Cl)nnc1Cl. The lowest BCUT2D eigenvalue weighted by atomic mass is 10.5. The van der Waals surface area contributed by atoms with Crippen LogP contribution in [0.1, 0.15) is 0 Å². The Morgan fingerprint density at radius 3 is 2.58 bits per heavy atom. The Kier molecular flexibility index (Phi) is 3.08. The number of nitrogens with zero attached hydrogens (tertiary/aromatic N) is 3. The van der Waals surface area contributed by atoms with Crippen molar-refractivity contribution in [2.45, 2.75) is 0 Å². The maximum absolute atomic E-state index is 5.72. The first-order valence-electron chi connectivity index (χ1n) is 3.22. The van der Waals surface area contributed by atoms with Crippen molar-refractivity contribution in [3.8, 4) is 0 Å². The van der Waals surface area contributed by atoms with Gasteiger partial charge in [-0.3, -0.25) is 0 Å². The maximum atomic E-state index is 5.72. The van der Waals surface area contributed by atoms with E-state index in [1.165, 1.54) is 0 Å². The van der Waals surface area contributed by atoms with Gasteiger partial charge >= 0.3 is 0 Å². The van der Waals surface area contributed by atoms with E-state index in [0.29, 0.717) is 16.0 Å². The van der Waals surface area contributed by atoms with E-state index in [2.05, 4.69) is 15.6 Å². The second-order valence-electron chi connectivity index (χ2n) is 2.38. The molecule has 66 valence electrons. The van der Waals surface area contributed by atoms with Crippen LogP contribution in [-0.4, -0.2) is 29.3 Å². The molecule has 1 heterocycles. The van der Waals surface area contributed by atoms with Crippen molar-refractivity contribution in [2.24, 2.45) is 0 Å². The fourth-order valence-corrected chi connectivity index (χ4v) is 0.954. The van der Waals surface area contributed by atoms with Crippen LogP contribution in [-0.2, 0) is 0 Å². The second kappa shape index (κ2) is 3.89. The summed E-state index contributed by atoms with van der Waals surface area (Å²) in [5, 5.41) is 9.54. The number of nitrogens with one attached hydrogen (secondary N) is 1. The van der Waals surface area contributed by atoms with Crippen LogP contribution in [0, 0.1) is 0 Å². The third kappa shape index (κ3) is 2.48. The lowest BCUT2D eigenvalue weighted by Crippen LogP contribution is -2.20. The molecule has 0 bridgehead atoms. The minimum atomic E-state index is 0.299. The first kappa shape index (κ1) is 9.51. The summed E-state index contributed by atoms with van der Waals surface area (Å²) in [6.45, 7) is 0. The van der Waals surface area contributed by atoms with Crippen LogP contribution in [0.25, 0.3) is 0 Å². The van der Waals surface area contributed by atoms with Gasteiger partial charge in [-0.2, -0.15) is 0 Å². The van der Waals surface area contributed by atoms with Crippen molar-refractivity contribution in [1.82, 2.24) is 15.2 Å². The molecule has 0 aliphatic rings. The number of anilines is 1. The van der Waals surface area contributed by atoms with Crippen LogP contribution in [0.4, 0.5) is 5.69 Å². The van der Waals surface area contributed by atoms with Gasteiger partial charge in [0, 0.05) is 20.2 Å². The zero-order valence-corrected chi connectivity index (χ0v) is 8.19. The minimum Gasteiger partial charge on any atom is -0.316 e. The normalized spacial score (nSPS) is 10.4. The Morgan fingerprint density at radius 2 is 2.00 bits per heavy atom. The highest BCUT2D eigenvalue weighted by molar-refractivity contribution is 6.33. The number of hydrazine groups is 1. The van der Waals surface area contributed by atoms with Crippen molar-refractivity contribution >= 4 is 28.9 Å². The van der Waals surface area contributed by atoms with E-state index < -0.39 is 0 Å². The molecule has 0 amide bonds.